The van der Waals surface area contributed by atoms with Gasteiger partial charge in [0.1, 0.15) is 24.3 Å². The summed E-state index contributed by atoms with van der Waals surface area (Å²) in [7, 11) is 0. The van der Waals surface area contributed by atoms with Crippen LogP contribution in [0.3, 0.4) is 0 Å². The van der Waals surface area contributed by atoms with Crippen molar-refractivity contribution in [3.8, 4) is 33.6 Å². The van der Waals surface area contributed by atoms with Gasteiger partial charge in [-0.1, -0.05) is 6.07 Å². The molecule has 4 rings (SSSR count). The topological polar surface area (TPSA) is 38.7 Å². The second-order valence-corrected chi connectivity index (χ2v) is 7.57. The zero-order valence-electron chi connectivity index (χ0n) is 17.3. The smallest absolute Gasteiger partial charge is 0.163 e. The SMILES string of the molecule is Cc1cc(-c2ccc(-c3ncncn3)c(-c3cc(C)c(F)c(C)c3)c2)cc(C)c1F. The number of aryl methyl sites for hydroxylation is 4. The summed E-state index contributed by atoms with van der Waals surface area (Å²) in [4.78, 5) is 12.5. The molecule has 0 aliphatic carbocycles. The number of hydrogen-bond donors (Lipinski definition) is 0. The fourth-order valence-corrected chi connectivity index (χ4v) is 3.75. The molecule has 3 nitrogen and oxygen atoms in total. The van der Waals surface area contributed by atoms with Crippen LogP contribution in [-0.2, 0) is 0 Å². The average Bonchev–Trinajstić information content (AvgIpc) is 2.75. The van der Waals surface area contributed by atoms with Crippen molar-refractivity contribution in [2.75, 3.05) is 0 Å². The molecule has 5 heteroatoms. The number of halogens is 2. The van der Waals surface area contributed by atoms with Gasteiger partial charge in [-0.3, -0.25) is 0 Å². The summed E-state index contributed by atoms with van der Waals surface area (Å²) >= 11 is 0. The van der Waals surface area contributed by atoms with Gasteiger partial charge in [-0.25, -0.2) is 23.7 Å². The van der Waals surface area contributed by atoms with Crippen molar-refractivity contribution < 1.29 is 8.78 Å². The van der Waals surface area contributed by atoms with Crippen molar-refractivity contribution in [2.24, 2.45) is 0 Å². The quantitative estimate of drug-likeness (QED) is 0.400. The molecule has 0 bridgehead atoms. The summed E-state index contributed by atoms with van der Waals surface area (Å²) < 4.78 is 28.4. The first kappa shape index (κ1) is 19.8. The number of rotatable bonds is 3. The molecule has 0 unspecified atom stereocenters. The van der Waals surface area contributed by atoms with Crippen LogP contribution < -0.4 is 0 Å². The monoisotopic (exact) mass is 401 g/mol. The van der Waals surface area contributed by atoms with E-state index in [1.807, 2.05) is 42.5 Å². The van der Waals surface area contributed by atoms with Crippen LogP contribution in [-0.4, -0.2) is 15.0 Å². The maximum absolute atomic E-state index is 14.3. The Morgan fingerprint density at radius 1 is 0.567 bits per heavy atom. The fraction of sp³-hybridized carbons (Fsp3) is 0.160. The van der Waals surface area contributed by atoms with Crippen molar-refractivity contribution in [3.05, 3.63) is 89.0 Å². The molecule has 0 radical (unpaired) electrons. The third-order valence-electron chi connectivity index (χ3n) is 5.27. The summed E-state index contributed by atoms with van der Waals surface area (Å²) in [5.41, 5.74) is 6.78. The molecule has 1 aromatic heterocycles. The molecule has 0 saturated carbocycles. The van der Waals surface area contributed by atoms with E-state index in [9.17, 15) is 8.78 Å². The van der Waals surface area contributed by atoms with Crippen LogP contribution >= 0.6 is 0 Å². The first-order valence-electron chi connectivity index (χ1n) is 9.66. The molecule has 0 spiro atoms. The van der Waals surface area contributed by atoms with E-state index in [0.29, 0.717) is 28.1 Å². The van der Waals surface area contributed by atoms with Gasteiger partial charge in [-0.2, -0.15) is 0 Å². The highest BCUT2D eigenvalue weighted by Crippen LogP contribution is 2.36. The Hall–Kier alpha value is -3.47. The zero-order chi connectivity index (χ0) is 21.4. The molecule has 0 aliphatic heterocycles. The Balaban J connectivity index is 1.97. The lowest BCUT2D eigenvalue weighted by Crippen LogP contribution is -1.96. The summed E-state index contributed by atoms with van der Waals surface area (Å²) in [6, 6.07) is 13.3. The Morgan fingerprint density at radius 3 is 1.60 bits per heavy atom. The Kier molecular flexibility index (Phi) is 5.12. The lowest BCUT2D eigenvalue weighted by Gasteiger charge is -2.14. The number of nitrogens with zero attached hydrogens (tertiary/aromatic N) is 3. The lowest BCUT2D eigenvalue weighted by atomic mass is 9.91. The van der Waals surface area contributed by atoms with Crippen LogP contribution in [0.1, 0.15) is 22.3 Å². The Bertz CT molecular complexity index is 1200. The van der Waals surface area contributed by atoms with Crippen LogP contribution in [0, 0.1) is 39.3 Å². The van der Waals surface area contributed by atoms with E-state index in [-0.39, 0.29) is 11.6 Å². The summed E-state index contributed by atoms with van der Waals surface area (Å²) in [6.45, 7) is 7.03. The molecule has 0 amide bonds. The maximum atomic E-state index is 14.3. The van der Waals surface area contributed by atoms with E-state index in [1.165, 1.54) is 12.7 Å². The highest BCUT2D eigenvalue weighted by molar-refractivity contribution is 5.85. The molecular weight excluding hydrogens is 380 g/mol. The molecule has 0 aliphatic rings. The predicted molar refractivity (Wildman–Crippen MR) is 115 cm³/mol. The van der Waals surface area contributed by atoms with Crippen LogP contribution in [0.25, 0.3) is 33.6 Å². The maximum Gasteiger partial charge on any atom is 0.163 e. The number of hydrogen-bond acceptors (Lipinski definition) is 3. The minimum absolute atomic E-state index is 0.189. The molecule has 0 atom stereocenters. The van der Waals surface area contributed by atoms with Gasteiger partial charge in [0, 0.05) is 5.56 Å². The van der Waals surface area contributed by atoms with Gasteiger partial charge in [-0.05, 0) is 109 Å². The van der Waals surface area contributed by atoms with Gasteiger partial charge in [0.2, 0.25) is 0 Å². The number of aromatic nitrogens is 3. The normalized spacial score (nSPS) is 11.0. The van der Waals surface area contributed by atoms with Crippen molar-refractivity contribution in [1.82, 2.24) is 15.0 Å². The minimum Gasteiger partial charge on any atom is -0.225 e. The van der Waals surface area contributed by atoms with E-state index >= 15 is 0 Å². The molecule has 3 aromatic carbocycles. The van der Waals surface area contributed by atoms with Crippen LogP contribution in [0.2, 0.25) is 0 Å². The molecule has 4 aromatic rings. The molecule has 150 valence electrons. The molecule has 0 fully saturated rings. The van der Waals surface area contributed by atoms with E-state index in [0.717, 1.165) is 27.8 Å². The summed E-state index contributed by atoms with van der Waals surface area (Å²) in [6.07, 6.45) is 2.90. The minimum atomic E-state index is -0.207. The third kappa shape index (κ3) is 3.59. The second-order valence-electron chi connectivity index (χ2n) is 7.57. The number of benzene rings is 3. The molecular formula is C25H21F2N3. The van der Waals surface area contributed by atoms with E-state index in [1.54, 1.807) is 27.7 Å². The standard InChI is InChI=1S/C25H21F2N3/c1-14-7-19(8-15(2)23(14)26)18-5-6-21(25-29-12-28-13-30-25)22(11-18)20-9-16(3)24(27)17(4)10-20/h5-13H,1-4H3. The predicted octanol–water partition coefficient (Wildman–Crippen LogP) is 6.38. The van der Waals surface area contributed by atoms with Crippen molar-refractivity contribution in [3.63, 3.8) is 0 Å². The van der Waals surface area contributed by atoms with Crippen molar-refractivity contribution >= 4 is 0 Å². The third-order valence-corrected chi connectivity index (χ3v) is 5.27. The van der Waals surface area contributed by atoms with Crippen LogP contribution in [0.5, 0.6) is 0 Å². The molecule has 0 saturated heterocycles. The van der Waals surface area contributed by atoms with E-state index < -0.39 is 0 Å². The van der Waals surface area contributed by atoms with Gasteiger partial charge >= 0.3 is 0 Å². The fourth-order valence-electron chi connectivity index (χ4n) is 3.75. The van der Waals surface area contributed by atoms with E-state index in [2.05, 4.69) is 15.0 Å². The van der Waals surface area contributed by atoms with E-state index in [4.69, 9.17) is 0 Å². The first-order valence-corrected chi connectivity index (χ1v) is 9.66. The van der Waals surface area contributed by atoms with Gasteiger partial charge in [0.05, 0.1) is 0 Å². The van der Waals surface area contributed by atoms with Gasteiger partial charge in [0.25, 0.3) is 0 Å². The summed E-state index contributed by atoms with van der Waals surface area (Å²) in [5.74, 6) is 0.143. The molecule has 30 heavy (non-hydrogen) atoms. The van der Waals surface area contributed by atoms with Crippen molar-refractivity contribution in [1.29, 1.82) is 0 Å². The van der Waals surface area contributed by atoms with Crippen LogP contribution in [0.15, 0.2) is 55.1 Å². The zero-order valence-corrected chi connectivity index (χ0v) is 17.3. The second kappa shape index (κ2) is 7.75. The molecule has 0 N–H and O–H groups in total. The lowest BCUT2D eigenvalue weighted by molar-refractivity contribution is 0.609. The molecule has 1 heterocycles. The highest BCUT2D eigenvalue weighted by atomic mass is 19.1. The average molecular weight is 401 g/mol. The largest absolute Gasteiger partial charge is 0.225 e. The van der Waals surface area contributed by atoms with Gasteiger partial charge in [-0.15, -0.1) is 0 Å². The van der Waals surface area contributed by atoms with Crippen LogP contribution in [0.4, 0.5) is 8.78 Å². The highest BCUT2D eigenvalue weighted by Gasteiger charge is 2.15. The first-order chi connectivity index (χ1) is 14.3. The Morgan fingerprint density at radius 2 is 1.07 bits per heavy atom. The van der Waals surface area contributed by atoms with Crippen molar-refractivity contribution in [2.45, 2.75) is 27.7 Å². The Labute approximate surface area is 174 Å². The van der Waals surface area contributed by atoms with Gasteiger partial charge < -0.3 is 0 Å². The summed E-state index contributed by atoms with van der Waals surface area (Å²) in [5, 5.41) is 0. The van der Waals surface area contributed by atoms with Gasteiger partial charge in [0.15, 0.2) is 5.82 Å².